The summed E-state index contributed by atoms with van der Waals surface area (Å²) in [5, 5.41) is 6.29. The van der Waals surface area contributed by atoms with Gasteiger partial charge in [-0.05, 0) is 30.2 Å². The molecule has 2 aromatic rings. The Bertz CT molecular complexity index is 747. The quantitative estimate of drug-likeness (QED) is 0.518. The van der Waals surface area contributed by atoms with E-state index >= 15 is 0 Å². The van der Waals surface area contributed by atoms with E-state index in [-0.39, 0.29) is 12.3 Å². The SMILES string of the molecule is CCCOc1ccc(CNC(=NC)NCc2ccn(C)c2)c(OC(F)F)c1. The molecule has 0 atom stereocenters. The third kappa shape index (κ3) is 6.80. The molecule has 6 nitrogen and oxygen atoms in total. The van der Waals surface area contributed by atoms with Crippen LogP contribution in [0.15, 0.2) is 41.7 Å². The molecule has 0 aliphatic rings. The Morgan fingerprint density at radius 3 is 2.63 bits per heavy atom. The first-order valence-electron chi connectivity index (χ1n) is 8.77. The van der Waals surface area contributed by atoms with Gasteiger partial charge in [0.1, 0.15) is 11.5 Å². The molecule has 0 unspecified atom stereocenters. The first kappa shape index (κ1) is 20.5. The Labute approximate surface area is 158 Å². The second-order valence-corrected chi connectivity index (χ2v) is 5.96. The van der Waals surface area contributed by atoms with Gasteiger partial charge in [0.25, 0.3) is 0 Å². The lowest BCUT2D eigenvalue weighted by molar-refractivity contribution is -0.0505. The number of nitrogens with zero attached hydrogens (tertiary/aromatic N) is 2. The van der Waals surface area contributed by atoms with Gasteiger partial charge in [-0.25, -0.2) is 0 Å². The van der Waals surface area contributed by atoms with Crippen LogP contribution < -0.4 is 20.1 Å². The van der Waals surface area contributed by atoms with Crippen LogP contribution in [0.25, 0.3) is 0 Å². The van der Waals surface area contributed by atoms with E-state index in [0.717, 1.165) is 12.0 Å². The summed E-state index contributed by atoms with van der Waals surface area (Å²) in [6, 6.07) is 6.94. The highest BCUT2D eigenvalue weighted by atomic mass is 19.3. The largest absolute Gasteiger partial charge is 0.493 e. The first-order valence-corrected chi connectivity index (χ1v) is 8.77. The molecule has 1 heterocycles. The molecule has 2 rings (SSSR count). The fourth-order valence-electron chi connectivity index (χ4n) is 2.45. The van der Waals surface area contributed by atoms with Gasteiger partial charge < -0.3 is 24.7 Å². The van der Waals surface area contributed by atoms with Crippen molar-refractivity contribution in [2.24, 2.45) is 12.0 Å². The van der Waals surface area contributed by atoms with Crippen LogP contribution in [0.4, 0.5) is 8.78 Å². The lowest BCUT2D eigenvalue weighted by Gasteiger charge is -2.15. The maximum Gasteiger partial charge on any atom is 0.387 e. The molecule has 148 valence electrons. The Morgan fingerprint density at radius 1 is 1.22 bits per heavy atom. The van der Waals surface area contributed by atoms with Crippen molar-refractivity contribution >= 4 is 5.96 Å². The molecule has 0 aliphatic heterocycles. The summed E-state index contributed by atoms with van der Waals surface area (Å²) in [6.45, 7) is 0.473. The van der Waals surface area contributed by atoms with E-state index in [2.05, 4.69) is 20.4 Å². The van der Waals surface area contributed by atoms with Gasteiger partial charge in [-0.2, -0.15) is 8.78 Å². The van der Waals surface area contributed by atoms with Crippen molar-refractivity contribution in [2.45, 2.75) is 33.0 Å². The van der Waals surface area contributed by atoms with Crippen molar-refractivity contribution < 1.29 is 18.3 Å². The number of nitrogens with one attached hydrogen (secondary N) is 2. The van der Waals surface area contributed by atoms with Gasteiger partial charge in [0.15, 0.2) is 5.96 Å². The number of aromatic nitrogens is 1. The predicted molar refractivity (Wildman–Crippen MR) is 101 cm³/mol. The summed E-state index contributed by atoms with van der Waals surface area (Å²) >= 11 is 0. The molecule has 0 aliphatic carbocycles. The molecular formula is C19H26F2N4O2. The summed E-state index contributed by atoms with van der Waals surface area (Å²) in [7, 11) is 3.60. The number of aryl methyl sites for hydroxylation is 1. The van der Waals surface area contributed by atoms with E-state index in [0.29, 0.717) is 30.4 Å². The fourth-order valence-corrected chi connectivity index (χ4v) is 2.45. The van der Waals surface area contributed by atoms with E-state index in [1.54, 1.807) is 19.2 Å². The van der Waals surface area contributed by atoms with Crippen molar-refractivity contribution in [3.63, 3.8) is 0 Å². The smallest absolute Gasteiger partial charge is 0.387 e. The molecule has 0 saturated carbocycles. The zero-order valence-electron chi connectivity index (χ0n) is 15.8. The number of halogens is 2. The lowest BCUT2D eigenvalue weighted by Crippen LogP contribution is -2.36. The molecule has 1 aromatic carbocycles. The molecule has 8 heteroatoms. The molecule has 1 aromatic heterocycles. The molecule has 0 amide bonds. The van der Waals surface area contributed by atoms with Gasteiger partial charge in [0, 0.05) is 51.2 Å². The number of hydrogen-bond acceptors (Lipinski definition) is 3. The minimum Gasteiger partial charge on any atom is -0.493 e. The third-order valence-corrected chi connectivity index (χ3v) is 3.75. The Hall–Kier alpha value is -2.77. The Morgan fingerprint density at radius 2 is 2.00 bits per heavy atom. The van der Waals surface area contributed by atoms with Crippen molar-refractivity contribution in [3.8, 4) is 11.5 Å². The van der Waals surface area contributed by atoms with Gasteiger partial charge in [-0.15, -0.1) is 0 Å². The van der Waals surface area contributed by atoms with Crippen LogP contribution in [-0.2, 0) is 20.1 Å². The normalized spacial score (nSPS) is 11.6. The summed E-state index contributed by atoms with van der Waals surface area (Å²) in [4.78, 5) is 4.15. The zero-order chi connectivity index (χ0) is 19.6. The van der Waals surface area contributed by atoms with Crippen molar-refractivity contribution in [3.05, 3.63) is 47.8 Å². The van der Waals surface area contributed by atoms with Gasteiger partial charge in [0.05, 0.1) is 6.61 Å². The molecule has 0 radical (unpaired) electrons. The Kier molecular flexibility index (Phi) is 7.91. The molecule has 0 bridgehead atoms. The summed E-state index contributed by atoms with van der Waals surface area (Å²) in [5.74, 6) is 1.15. The van der Waals surface area contributed by atoms with Crippen molar-refractivity contribution in [1.82, 2.24) is 15.2 Å². The van der Waals surface area contributed by atoms with Crippen LogP contribution in [0.5, 0.6) is 11.5 Å². The summed E-state index contributed by atoms with van der Waals surface area (Å²) < 4.78 is 37.6. The van der Waals surface area contributed by atoms with Crippen LogP contribution in [0.1, 0.15) is 24.5 Å². The number of guanidine groups is 1. The van der Waals surface area contributed by atoms with E-state index in [4.69, 9.17) is 4.74 Å². The molecule has 27 heavy (non-hydrogen) atoms. The van der Waals surface area contributed by atoms with Gasteiger partial charge in [-0.3, -0.25) is 4.99 Å². The second-order valence-electron chi connectivity index (χ2n) is 5.96. The van der Waals surface area contributed by atoms with E-state index in [9.17, 15) is 8.78 Å². The van der Waals surface area contributed by atoms with Crippen LogP contribution in [0.3, 0.4) is 0 Å². The molecule has 0 saturated heterocycles. The minimum atomic E-state index is -2.90. The van der Waals surface area contributed by atoms with Crippen LogP contribution in [0, 0.1) is 0 Å². The zero-order valence-corrected chi connectivity index (χ0v) is 15.8. The van der Waals surface area contributed by atoms with Crippen LogP contribution in [-0.4, -0.2) is 30.8 Å². The minimum absolute atomic E-state index is 0.0876. The van der Waals surface area contributed by atoms with E-state index in [1.165, 1.54) is 6.07 Å². The Balaban J connectivity index is 1.98. The summed E-state index contributed by atoms with van der Waals surface area (Å²) in [6.07, 6.45) is 4.80. The van der Waals surface area contributed by atoms with Gasteiger partial charge in [0.2, 0.25) is 0 Å². The van der Waals surface area contributed by atoms with Gasteiger partial charge >= 0.3 is 6.61 Å². The number of alkyl halides is 2. The predicted octanol–water partition coefficient (Wildman–Crippen LogP) is 3.28. The third-order valence-electron chi connectivity index (χ3n) is 3.75. The van der Waals surface area contributed by atoms with Crippen molar-refractivity contribution in [2.75, 3.05) is 13.7 Å². The maximum atomic E-state index is 12.7. The topological polar surface area (TPSA) is 59.8 Å². The molecular weight excluding hydrogens is 354 g/mol. The standard InChI is InChI=1S/C19H26F2N4O2/c1-4-9-26-16-6-5-15(17(10-16)27-18(20)21)12-24-19(22-2)23-11-14-7-8-25(3)13-14/h5-8,10,13,18H,4,9,11-12H2,1-3H3,(H2,22,23,24). The number of benzene rings is 1. The monoisotopic (exact) mass is 380 g/mol. The molecule has 0 spiro atoms. The molecule has 2 N–H and O–H groups in total. The highest BCUT2D eigenvalue weighted by molar-refractivity contribution is 5.79. The highest BCUT2D eigenvalue weighted by Crippen LogP contribution is 2.26. The number of rotatable bonds is 9. The highest BCUT2D eigenvalue weighted by Gasteiger charge is 2.12. The summed E-state index contributed by atoms with van der Waals surface area (Å²) in [5.41, 5.74) is 1.70. The number of ether oxygens (including phenoxy) is 2. The lowest BCUT2D eigenvalue weighted by atomic mass is 10.2. The average Bonchev–Trinajstić information content (AvgIpc) is 3.06. The number of hydrogen-bond donors (Lipinski definition) is 2. The van der Waals surface area contributed by atoms with E-state index in [1.807, 2.05) is 37.0 Å². The second kappa shape index (κ2) is 10.4. The van der Waals surface area contributed by atoms with Crippen LogP contribution in [0.2, 0.25) is 0 Å². The number of aliphatic imine (C=N–C) groups is 1. The average molecular weight is 380 g/mol. The fraction of sp³-hybridized carbons (Fsp3) is 0.421. The van der Waals surface area contributed by atoms with Crippen LogP contribution >= 0.6 is 0 Å². The molecule has 0 fully saturated rings. The maximum absolute atomic E-state index is 12.7. The first-order chi connectivity index (χ1) is 13.0. The van der Waals surface area contributed by atoms with Crippen molar-refractivity contribution in [1.29, 1.82) is 0 Å². The van der Waals surface area contributed by atoms with E-state index < -0.39 is 6.61 Å². The van der Waals surface area contributed by atoms with Gasteiger partial charge in [-0.1, -0.05) is 6.92 Å².